The molecule has 3 heteroatoms. The fourth-order valence-electron chi connectivity index (χ4n) is 1.83. The van der Waals surface area contributed by atoms with E-state index in [1.165, 1.54) is 18.4 Å². The Morgan fingerprint density at radius 3 is 2.71 bits per heavy atom. The van der Waals surface area contributed by atoms with Gasteiger partial charge in [0, 0.05) is 21.7 Å². The van der Waals surface area contributed by atoms with Crippen molar-refractivity contribution in [3.63, 3.8) is 0 Å². The van der Waals surface area contributed by atoms with Crippen LogP contribution in [0.25, 0.3) is 0 Å². The van der Waals surface area contributed by atoms with Crippen LogP contribution in [0.15, 0.2) is 22.9 Å². The van der Waals surface area contributed by atoms with E-state index in [2.05, 4.69) is 49.8 Å². The van der Waals surface area contributed by atoms with Gasteiger partial charge >= 0.3 is 0 Å². The fourth-order valence-corrected chi connectivity index (χ4v) is 2.87. The summed E-state index contributed by atoms with van der Waals surface area (Å²) >= 11 is 7.16. The zero-order valence-corrected chi connectivity index (χ0v) is 11.3. The van der Waals surface area contributed by atoms with Crippen LogP contribution in [0.2, 0.25) is 0 Å². The van der Waals surface area contributed by atoms with E-state index in [0.717, 1.165) is 10.9 Å². The van der Waals surface area contributed by atoms with Gasteiger partial charge in [-0.3, -0.25) is 4.98 Å². The molecule has 1 unspecified atom stereocenters. The van der Waals surface area contributed by atoms with Crippen molar-refractivity contribution in [2.75, 3.05) is 0 Å². The predicted octanol–water partition coefficient (Wildman–Crippen LogP) is 3.95. The third-order valence-corrected chi connectivity index (χ3v) is 4.46. The van der Waals surface area contributed by atoms with Gasteiger partial charge in [0.15, 0.2) is 0 Å². The summed E-state index contributed by atoms with van der Waals surface area (Å²) in [6.45, 7) is 2.25. The summed E-state index contributed by atoms with van der Waals surface area (Å²) < 4.78 is 1.08. The molecule has 76 valence electrons. The molecular formula is C11H13Br2N. The Kier molecular flexibility index (Phi) is 2.98. The lowest BCUT2D eigenvalue weighted by molar-refractivity contribution is 0.508. The van der Waals surface area contributed by atoms with Crippen LogP contribution in [-0.4, -0.2) is 9.81 Å². The lowest BCUT2D eigenvalue weighted by Gasteiger charge is -2.17. The molecule has 1 aromatic rings. The van der Waals surface area contributed by atoms with E-state index < -0.39 is 0 Å². The van der Waals surface area contributed by atoms with Crippen molar-refractivity contribution in [1.82, 2.24) is 4.98 Å². The molecule has 0 N–H and O–H groups in total. The molecule has 0 spiro atoms. The summed E-state index contributed by atoms with van der Waals surface area (Å²) in [6.07, 6.45) is 7.63. The molecule has 0 bridgehead atoms. The number of pyridine rings is 1. The highest BCUT2D eigenvalue weighted by Gasteiger charge is 2.46. The lowest BCUT2D eigenvalue weighted by atomic mass is 9.95. The van der Waals surface area contributed by atoms with Gasteiger partial charge in [-0.2, -0.15) is 0 Å². The van der Waals surface area contributed by atoms with Crippen LogP contribution >= 0.6 is 31.9 Å². The van der Waals surface area contributed by atoms with Crippen molar-refractivity contribution in [2.24, 2.45) is 5.41 Å². The molecule has 0 aliphatic heterocycles. The first-order valence-corrected chi connectivity index (χ1v) is 6.57. The molecule has 1 aromatic heterocycles. The number of halogens is 2. The van der Waals surface area contributed by atoms with Gasteiger partial charge in [0.1, 0.15) is 0 Å². The molecule has 0 saturated heterocycles. The summed E-state index contributed by atoms with van der Waals surface area (Å²) in [4.78, 5) is 4.80. The minimum atomic E-state index is 0.502. The van der Waals surface area contributed by atoms with E-state index in [4.69, 9.17) is 0 Å². The van der Waals surface area contributed by atoms with Crippen molar-refractivity contribution in [2.45, 2.75) is 31.0 Å². The highest BCUT2D eigenvalue weighted by atomic mass is 79.9. The van der Waals surface area contributed by atoms with Gasteiger partial charge in [-0.05, 0) is 52.2 Å². The number of alkyl halides is 1. The Balaban J connectivity index is 2.11. The summed E-state index contributed by atoms with van der Waals surface area (Å²) in [7, 11) is 0. The maximum Gasteiger partial charge on any atom is 0.0410 e. The molecule has 14 heavy (non-hydrogen) atoms. The van der Waals surface area contributed by atoms with E-state index in [-0.39, 0.29) is 0 Å². The van der Waals surface area contributed by atoms with Crippen molar-refractivity contribution < 1.29 is 0 Å². The molecule has 1 nitrogen and oxygen atoms in total. The van der Waals surface area contributed by atoms with E-state index in [1.54, 1.807) is 0 Å². The van der Waals surface area contributed by atoms with Crippen molar-refractivity contribution in [3.05, 3.63) is 28.5 Å². The maximum absolute atomic E-state index is 4.19. The molecule has 0 radical (unpaired) electrons. The Bertz CT molecular complexity index is 332. The number of hydrogen-bond donors (Lipinski definition) is 0. The van der Waals surface area contributed by atoms with Gasteiger partial charge in [0.05, 0.1) is 0 Å². The minimum absolute atomic E-state index is 0.502. The van der Waals surface area contributed by atoms with Gasteiger partial charge in [-0.1, -0.05) is 22.9 Å². The Hall–Kier alpha value is 0.110. The Morgan fingerprint density at radius 2 is 2.21 bits per heavy atom. The second-order valence-electron chi connectivity index (χ2n) is 4.17. The molecule has 1 fully saturated rings. The second kappa shape index (κ2) is 3.93. The van der Waals surface area contributed by atoms with Gasteiger partial charge in [-0.15, -0.1) is 0 Å². The highest BCUT2D eigenvalue weighted by Crippen LogP contribution is 2.53. The van der Waals surface area contributed by atoms with Crippen LogP contribution < -0.4 is 0 Å². The highest BCUT2D eigenvalue weighted by molar-refractivity contribution is 9.10. The smallest absolute Gasteiger partial charge is 0.0410 e. The van der Waals surface area contributed by atoms with Crippen LogP contribution in [0.4, 0.5) is 0 Å². The Morgan fingerprint density at radius 1 is 1.50 bits per heavy atom. The first-order chi connectivity index (χ1) is 6.62. The monoisotopic (exact) mass is 317 g/mol. The number of aromatic nitrogens is 1. The molecule has 1 aliphatic rings. The normalized spacial score (nSPS) is 20.5. The third kappa shape index (κ3) is 2.19. The molecule has 1 aliphatic carbocycles. The first-order valence-electron chi connectivity index (χ1n) is 4.86. The van der Waals surface area contributed by atoms with Crippen LogP contribution in [0.5, 0.6) is 0 Å². The molecule has 1 heterocycles. The number of hydrogen-bond acceptors (Lipinski definition) is 1. The topological polar surface area (TPSA) is 12.9 Å². The first kappa shape index (κ1) is 10.6. The average Bonchev–Trinajstić information content (AvgIpc) is 2.85. The molecular weight excluding hydrogens is 306 g/mol. The maximum atomic E-state index is 4.19. The summed E-state index contributed by atoms with van der Waals surface area (Å²) in [6, 6.07) is 2.17. The zero-order chi connectivity index (χ0) is 10.2. The van der Waals surface area contributed by atoms with Crippen molar-refractivity contribution in [1.29, 1.82) is 0 Å². The number of nitrogens with zero attached hydrogens (tertiary/aromatic N) is 1. The van der Waals surface area contributed by atoms with E-state index in [0.29, 0.717) is 10.2 Å². The second-order valence-corrected chi connectivity index (χ2v) is 6.46. The molecule has 0 amide bonds. The summed E-state index contributed by atoms with van der Waals surface area (Å²) in [5.41, 5.74) is 1.84. The quantitative estimate of drug-likeness (QED) is 0.769. The van der Waals surface area contributed by atoms with Crippen molar-refractivity contribution >= 4 is 31.9 Å². The third-order valence-electron chi connectivity index (χ3n) is 3.05. The molecule has 1 saturated carbocycles. The van der Waals surface area contributed by atoms with Crippen LogP contribution in [0, 0.1) is 5.41 Å². The average molecular weight is 319 g/mol. The summed E-state index contributed by atoms with van der Waals surface area (Å²) in [5.74, 6) is 0. The zero-order valence-electron chi connectivity index (χ0n) is 8.13. The van der Waals surface area contributed by atoms with Crippen LogP contribution in [0.1, 0.15) is 25.3 Å². The Labute approximate surface area is 102 Å². The van der Waals surface area contributed by atoms with Crippen LogP contribution in [0.3, 0.4) is 0 Å². The van der Waals surface area contributed by atoms with Gasteiger partial charge in [0.2, 0.25) is 0 Å². The van der Waals surface area contributed by atoms with Crippen LogP contribution in [-0.2, 0) is 6.42 Å². The largest absolute Gasteiger partial charge is 0.263 e. The molecule has 2 rings (SSSR count). The number of rotatable bonds is 3. The van der Waals surface area contributed by atoms with E-state index in [9.17, 15) is 0 Å². The fraction of sp³-hybridized carbons (Fsp3) is 0.545. The summed E-state index contributed by atoms with van der Waals surface area (Å²) in [5, 5.41) is 0. The minimum Gasteiger partial charge on any atom is -0.263 e. The van der Waals surface area contributed by atoms with Gasteiger partial charge in [0.25, 0.3) is 0 Å². The van der Waals surface area contributed by atoms with E-state index in [1.807, 2.05) is 12.4 Å². The molecule has 1 atom stereocenters. The standard InChI is InChI=1S/C11H13Br2N/c1-8(12)11(2-3-11)5-9-4-10(13)7-14-6-9/h4,6-8H,2-3,5H2,1H3. The van der Waals surface area contributed by atoms with Gasteiger partial charge < -0.3 is 0 Å². The predicted molar refractivity (Wildman–Crippen MR) is 65.7 cm³/mol. The van der Waals surface area contributed by atoms with E-state index >= 15 is 0 Å². The molecule has 0 aromatic carbocycles. The lowest BCUT2D eigenvalue weighted by Crippen LogP contribution is -2.15. The van der Waals surface area contributed by atoms with Crippen molar-refractivity contribution in [3.8, 4) is 0 Å². The van der Waals surface area contributed by atoms with Gasteiger partial charge in [-0.25, -0.2) is 0 Å². The SMILES string of the molecule is CC(Br)C1(Cc2cncc(Br)c2)CC1.